The molecule has 2 aromatic carbocycles. The SMILES string of the molecule is O=[N+]([O-])c1ccc([C@H]2Nc3ccccc3-c3nnc(SCc4ccccc4)nc3O2)o1. The van der Waals surface area contributed by atoms with Crippen LogP contribution in [-0.4, -0.2) is 20.1 Å². The van der Waals surface area contributed by atoms with Crippen molar-refractivity contribution in [1.29, 1.82) is 0 Å². The van der Waals surface area contributed by atoms with Crippen molar-refractivity contribution in [1.82, 2.24) is 15.2 Å². The first-order chi connectivity index (χ1) is 15.2. The van der Waals surface area contributed by atoms with Crippen LogP contribution >= 0.6 is 11.8 Å². The van der Waals surface area contributed by atoms with Crippen LogP contribution in [-0.2, 0) is 5.75 Å². The predicted molar refractivity (Wildman–Crippen MR) is 114 cm³/mol. The average Bonchev–Trinajstić information content (AvgIpc) is 3.23. The van der Waals surface area contributed by atoms with E-state index >= 15 is 0 Å². The van der Waals surface area contributed by atoms with E-state index in [-0.39, 0.29) is 17.5 Å². The first kappa shape index (κ1) is 19.1. The number of nitrogens with zero attached hydrogens (tertiary/aromatic N) is 4. The number of thioether (sulfide) groups is 1. The Kier molecular flexibility index (Phi) is 4.97. The number of hydrogen-bond donors (Lipinski definition) is 1. The van der Waals surface area contributed by atoms with Crippen molar-refractivity contribution in [2.75, 3.05) is 5.32 Å². The number of ether oxygens (including phenoxy) is 1. The van der Waals surface area contributed by atoms with Crippen LogP contribution in [0.25, 0.3) is 11.3 Å². The lowest BCUT2D eigenvalue weighted by Crippen LogP contribution is -2.16. The molecule has 2 aromatic heterocycles. The molecule has 0 fully saturated rings. The maximum atomic E-state index is 11.0. The molecular formula is C21H15N5O4S. The number of furan rings is 1. The van der Waals surface area contributed by atoms with E-state index in [1.807, 2.05) is 54.6 Å². The Balaban J connectivity index is 1.49. The third-order valence-electron chi connectivity index (χ3n) is 4.60. The molecule has 1 aliphatic heterocycles. The molecule has 3 heterocycles. The highest BCUT2D eigenvalue weighted by Crippen LogP contribution is 2.40. The zero-order valence-electron chi connectivity index (χ0n) is 16.0. The molecule has 0 aliphatic carbocycles. The fourth-order valence-electron chi connectivity index (χ4n) is 3.14. The molecule has 0 amide bonds. The zero-order valence-corrected chi connectivity index (χ0v) is 16.8. The molecule has 4 aromatic rings. The van der Waals surface area contributed by atoms with Crippen LogP contribution in [0.3, 0.4) is 0 Å². The van der Waals surface area contributed by atoms with Crippen molar-refractivity contribution in [3.63, 3.8) is 0 Å². The second-order valence-electron chi connectivity index (χ2n) is 6.64. The Morgan fingerprint density at radius 3 is 2.65 bits per heavy atom. The van der Waals surface area contributed by atoms with Gasteiger partial charge in [0, 0.05) is 17.0 Å². The number of rotatable bonds is 5. The number of aromatic nitrogens is 3. The lowest BCUT2D eigenvalue weighted by atomic mass is 10.1. The average molecular weight is 433 g/mol. The Bertz CT molecular complexity index is 1250. The molecule has 0 saturated carbocycles. The second-order valence-corrected chi connectivity index (χ2v) is 7.59. The summed E-state index contributed by atoms with van der Waals surface area (Å²) in [6.45, 7) is 0. The minimum atomic E-state index is -0.820. The molecule has 0 radical (unpaired) electrons. The molecular weight excluding hydrogens is 418 g/mol. The zero-order chi connectivity index (χ0) is 21.2. The molecule has 0 unspecified atom stereocenters. The summed E-state index contributed by atoms with van der Waals surface area (Å²) in [6.07, 6.45) is -0.820. The standard InChI is InChI=1S/C21H15N5O4S/c27-26(28)17-11-10-16(29-17)19-22-15-9-5-4-8-14(15)18-20(30-19)23-21(25-24-18)31-12-13-6-2-1-3-7-13/h1-11,19,22H,12H2/t19-/m0/s1. The van der Waals surface area contributed by atoms with E-state index in [1.54, 1.807) is 0 Å². The summed E-state index contributed by atoms with van der Waals surface area (Å²) >= 11 is 1.44. The number of benzene rings is 2. The third-order valence-corrected chi connectivity index (χ3v) is 5.50. The van der Waals surface area contributed by atoms with Crippen LogP contribution in [0.5, 0.6) is 5.88 Å². The maximum absolute atomic E-state index is 11.0. The smallest absolute Gasteiger partial charge is 0.433 e. The van der Waals surface area contributed by atoms with Crippen LogP contribution in [0.15, 0.2) is 76.3 Å². The maximum Gasteiger partial charge on any atom is 0.433 e. The summed E-state index contributed by atoms with van der Waals surface area (Å²) < 4.78 is 11.4. The monoisotopic (exact) mass is 433 g/mol. The van der Waals surface area contributed by atoms with Crippen molar-refractivity contribution in [2.24, 2.45) is 0 Å². The second kappa shape index (κ2) is 8.07. The van der Waals surface area contributed by atoms with Gasteiger partial charge < -0.3 is 14.5 Å². The highest BCUT2D eigenvalue weighted by atomic mass is 32.2. The third kappa shape index (κ3) is 3.92. The summed E-state index contributed by atoms with van der Waals surface area (Å²) in [5, 5.41) is 23.3. The van der Waals surface area contributed by atoms with Crippen LogP contribution in [0.1, 0.15) is 17.6 Å². The molecule has 0 bridgehead atoms. The van der Waals surface area contributed by atoms with E-state index in [4.69, 9.17) is 9.15 Å². The Labute approximate surface area is 180 Å². The van der Waals surface area contributed by atoms with Crippen LogP contribution in [0, 0.1) is 10.1 Å². The van der Waals surface area contributed by atoms with E-state index in [0.717, 1.165) is 16.8 Å². The van der Waals surface area contributed by atoms with Gasteiger partial charge in [0.25, 0.3) is 0 Å². The molecule has 1 N–H and O–H groups in total. The molecule has 1 atom stereocenters. The quantitative estimate of drug-likeness (QED) is 0.268. The van der Waals surface area contributed by atoms with E-state index in [2.05, 4.69) is 20.5 Å². The van der Waals surface area contributed by atoms with Crippen molar-refractivity contribution in [3.05, 3.63) is 88.2 Å². The van der Waals surface area contributed by atoms with Gasteiger partial charge in [-0.05, 0) is 17.7 Å². The molecule has 1 aliphatic rings. The largest absolute Gasteiger partial charge is 0.444 e. The summed E-state index contributed by atoms with van der Waals surface area (Å²) in [4.78, 5) is 15.0. The topological polar surface area (TPSA) is 116 Å². The summed E-state index contributed by atoms with van der Waals surface area (Å²) in [6, 6.07) is 20.2. The number of nitro groups is 1. The van der Waals surface area contributed by atoms with Gasteiger partial charge in [0.05, 0.1) is 6.07 Å². The Hall–Kier alpha value is -3.92. The van der Waals surface area contributed by atoms with Gasteiger partial charge in [0.15, 0.2) is 11.5 Å². The first-order valence-electron chi connectivity index (χ1n) is 9.35. The number of hydrogen-bond acceptors (Lipinski definition) is 9. The van der Waals surface area contributed by atoms with Crippen LogP contribution < -0.4 is 10.1 Å². The molecule has 0 spiro atoms. The Morgan fingerprint density at radius 2 is 1.84 bits per heavy atom. The Morgan fingerprint density at radius 1 is 1.03 bits per heavy atom. The summed E-state index contributed by atoms with van der Waals surface area (Å²) in [7, 11) is 0. The van der Waals surface area contributed by atoms with Crippen molar-refractivity contribution in [3.8, 4) is 17.1 Å². The highest BCUT2D eigenvalue weighted by molar-refractivity contribution is 7.98. The molecule has 154 valence electrons. The van der Waals surface area contributed by atoms with Gasteiger partial charge in [-0.1, -0.05) is 60.3 Å². The van der Waals surface area contributed by atoms with Crippen molar-refractivity contribution < 1.29 is 14.1 Å². The van der Waals surface area contributed by atoms with Crippen LogP contribution in [0.2, 0.25) is 0 Å². The molecule has 9 nitrogen and oxygen atoms in total. The number of para-hydroxylation sites is 1. The molecule has 10 heteroatoms. The van der Waals surface area contributed by atoms with Crippen molar-refractivity contribution in [2.45, 2.75) is 17.1 Å². The van der Waals surface area contributed by atoms with E-state index < -0.39 is 11.2 Å². The van der Waals surface area contributed by atoms with Gasteiger partial charge in [-0.3, -0.25) is 10.1 Å². The van der Waals surface area contributed by atoms with Gasteiger partial charge in [0.1, 0.15) is 4.92 Å². The van der Waals surface area contributed by atoms with E-state index in [1.165, 1.54) is 23.9 Å². The fraction of sp³-hybridized carbons (Fsp3) is 0.0952. The van der Waals surface area contributed by atoms with E-state index in [0.29, 0.717) is 16.6 Å². The summed E-state index contributed by atoms with van der Waals surface area (Å²) in [5.41, 5.74) is 3.11. The van der Waals surface area contributed by atoms with Gasteiger partial charge in [0.2, 0.25) is 17.3 Å². The van der Waals surface area contributed by atoms with Gasteiger partial charge in [-0.25, -0.2) is 0 Å². The fourth-order valence-corrected chi connectivity index (χ4v) is 3.87. The predicted octanol–water partition coefficient (Wildman–Crippen LogP) is 4.84. The first-order valence-corrected chi connectivity index (χ1v) is 10.3. The highest BCUT2D eigenvalue weighted by Gasteiger charge is 2.29. The molecule has 31 heavy (non-hydrogen) atoms. The van der Waals surface area contributed by atoms with E-state index in [9.17, 15) is 10.1 Å². The summed E-state index contributed by atoms with van der Waals surface area (Å²) in [5.74, 6) is 0.848. The van der Waals surface area contributed by atoms with Gasteiger partial charge in [-0.15, -0.1) is 10.2 Å². The minimum absolute atomic E-state index is 0.256. The number of nitrogens with one attached hydrogen (secondary N) is 1. The normalized spacial score (nSPS) is 14.5. The lowest BCUT2D eigenvalue weighted by Gasteiger charge is -2.16. The van der Waals surface area contributed by atoms with Crippen molar-refractivity contribution >= 4 is 23.3 Å². The minimum Gasteiger partial charge on any atom is -0.444 e. The lowest BCUT2D eigenvalue weighted by molar-refractivity contribution is -0.402. The molecule has 5 rings (SSSR count). The van der Waals surface area contributed by atoms with Gasteiger partial charge in [-0.2, -0.15) is 4.98 Å². The molecule has 0 saturated heterocycles. The van der Waals surface area contributed by atoms with Crippen LogP contribution in [0.4, 0.5) is 11.6 Å². The number of fused-ring (bicyclic) bond motifs is 3. The number of anilines is 1. The van der Waals surface area contributed by atoms with Gasteiger partial charge >= 0.3 is 5.88 Å².